The summed E-state index contributed by atoms with van der Waals surface area (Å²) in [5.74, 6) is 1.02. The lowest BCUT2D eigenvalue weighted by Gasteiger charge is -2.15. The summed E-state index contributed by atoms with van der Waals surface area (Å²) >= 11 is 1.54. The lowest BCUT2D eigenvalue weighted by molar-refractivity contribution is -0.116. The topological polar surface area (TPSA) is 116 Å². The molecule has 3 aromatic heterocycles. The number of aryl methyl sites for hydroxylation is 3. The van der Waals surface area contributed by atoms with Crippen LogP contribution in [0.1, 0.15) is 36.2 Å². The van der Waals surface area contributed by atoms with Crippen molar-refractivity contribution >= 4 is 22.4 Å². The second-order valence-corrected chi connectivity index (χ2v) is 8.07. The van der Waals surface area contributed by atoms with E-state index in [9.17, 15) is 9.59 Å². The van der Waals surface area contributed by atoms with Gasteiger partial charge in [0.15, 0.2) is 11.0 Å². The van der Waals surface area contributed by atoms with Crippen LogP contribution in [0.2, 0.25) is 0 Å². The van der Waals surface area contributed by atoms with E-state index in [1.807, 2.05) is 0 Å². The van der Waals surface area contributed by atoms with Gasteiger partial charge in [0.1, 0.15) is 5.56 Å². The molecule has 0 aromatic carbocycles. The number of aromatic nitrogens is 5. The third-order valence-corrected chi connectivity index (χ3v) is 5.71. The van der Waals surface area contributed by atoms with Gasteiger partial charge >= 0.3 is 0 Å². The summed E-state index contributed by atoms with van der Waals surface area (Å²) in [5, 5.41) is 7.16. The zero-order valence-electron chi connectivity index (χ0n) is 15.6. The monoisotopic (exact) mass is 400 g/mol. The number of amides is 1. The van der Waals surface area contributed by atoms with Crippen molar-refractivity contribution in [2.75, 3.05) is 5.32 Å². The van der Waals surface area contributed by atoms with Crippen LogP contribution in [-0.2, 0) is 24.2 Å². The Hall–Kier alpha value is -2.88. The van der Waals surface area contributed by atoms with E-state index >= 15 is 0 Å². The zero-order valence-corrected chi connectivity index (χ0v) is 16.5. The molecule has 1 unspecified atom stereocenters. The molecular weight excluding hydrogens is 380 g/mol. The van der Waals surface area contributed by atoms with Gasteiger partial charge in [0.25, 0.3) is 11.4 Å². The molecule has 0 saturated heterocycles. The highest BCUT2D eigenvalue weighted by Gasteiger charge is 2.20. The summed E-state index contributed by atoms with van der Waals surface area (Å²) < 4.78 is 6.40. The fourth-order valence-electron chi connectivity index (χ4n) is 3.16. The van der Waals surface area contributed by atoms with E-state index in [2.05, 4.69) is 32.3 Å². The first kappa shape index (κ1) is 18.5. The average Bonchev–Trinajstić information content (AvgIpc) is 3.26. The standard InChI is InChI=1S/C18H20N6O3S/c1-10-3-4-13-14(7-10)28-18(21-13)22-15(25)5-6-24-9-19-8-12(17(24)26)16-20-11(2)23-27-16/h8-10H,3-7H2,1-2H3,(H,21,22,25). The number of hydrogen-bond donors (Lipinski definition) is 1. The molecule has 0 aliphatic heterocycles. The van der Waals surface area contributed by atoms with E-state index < -0.39 is 0 Å². The molecule has 0 saturated carbocycles. The van der Waals surface area contributed by atoms with Gasteiger partial charge in [-0.3, -0.25) is 14.2 Å². The molecule has 0 radical (unpaired) electrons. The first-order valence-electron chi connectivity index (χ1n) is 9.13. The zero-order chi connectivity index (χ0) is 19.7. The number of carbonyl (C=O) groups excluding carboxylic acids is 1. The van der Waals surface area contributed by atoms with Gasteiger partial charge in [-0.25, -0.2) is 9.97 Å². The Kier molecular flexibility index (Phi) is 5.03. The van der Waals surface area contributed by atoms with Crippen LogP contribution in [0.15, 0.2) is 21.8 Å². The van der Waals surface area contributed by atoms with Crippen molar-refractivity contribution in [2.45, 2.75) is 46.1 Å². The summed E-state index contributed by atoms with van der Waals surface area (Å²) in [6, 6.07) is 0. The number of thiazole rings is 1. The van der Waals surface area contributed by atoms with Gasteiger partial charge in [0, 0.05) is 24.0 Å². The van der Waals surface area contributed by atoms with Crippen molar-refractivity contribution < 1.29 is 9.32 Å². The van der Waals surface area contributed by atoms with Crippen molar-refractivity contribution in [2.24, 2.45) is 5.92 Å². The van der Waals surface area contributed by atoms with Gasteiger partial charge < -0.3 is 9.84 Å². The van der Waals surface area contributed by atoms with Crippen LogP contribution in [0.5, 0.6) is 0 Å². The van der Waals surface area contributed by atoms with Crippen molar-refractivity contribution in [3.8, 4) is 11.5 Å². The van der Waals surface area contributed by atoms with Crippen LogP contribution in [0.4, 0.5) is 5.13 Å². The molecule has 1 atom stereocenters. The predicted molar refractivity (Wildman–Crippen MR) is 103 cm³/mol. The average molecular weight is 400 g/mol. The molecule has 1 aliphatic carbocycles. The maximum Gasteiger partial charge on any atom is 0.266 e. The van der Waals surface area contributed by atoms with Crippen LogP contribution in [0.3, 0.4) is 0 Å². The van der Waals surface area contributed by atoms with Crippen molar-refractivity contribution in [3.05, 3.63) is 39.3 Å². The van der Waals surface area contributed by atoms with Crippen molar-refractivity contribution in [1.82, 2.24) is 24.7 Å². The number of fused-ring (bicyclic) bond motifs is 1. The Bertz CT molecular complexity index is 1070. The number of hydrogen-bond acceptors (Lipinski definition) is 8. The maximum atomic E-state index is 12.6. The Balaban J connectivity index is 1.41. The van der Waals surface area contributed by atoms with E-state index in [0.29, 0.717) is 16.9 Å². The largest absolute Gasteiger partial charge is 0.334 e. The minimum atomic E-state index is -0.329. The maximum absolute atomic E-state index is 12.6. The third-order valence-electron chi connectivity index (χ3n) is 4.67. The van der Waals surface area contributed by atoms with Crippen molar-refractivity contribution in [3.63, 3.8) is 0 Å². The van der Waals surface area contributed by atoms with E-state index in [1.165, 1.54) is 22.0 Å². The summed E-state index contributed by atoms with van der Waals surface area (Å²) in [6.45, 7) is 4.10. The van der Waals surface area contributed by atoms with Gasteiger partial charge in [-0.15, -0.1) is 11.3 Å². The van der Waals surface area contributed by atoms with E-state index in [4.69, 9.17) is 4.52 Å². The molecule has 28 heavy (non-hydrogen) atoms. The second-order valence-electron chi connectivity index (χ2n) is 6.99. The van der Waals surface area contributed by atoms with Gasteiger partial charge in [-0.05, 0) is 32.1 Å². The van der Waals surface area contributed by atoms with Gasteiger partial charge in [0.2, 0.25) is 5.91 Å². The molecule has 10 heteroatoms. The second kappa shape index (κ2) is 7.63. The Morgan fingerprint density at radius 1 is 1.43 bits per heavy atom. The predicted octanol–water partition coefficient (Wildman–Crippen LogP) is 2.21. The number of carbonyl (C=O) groups is 1. The Morgan fingerprint density at radius 3 is 3.07 bits per heavy atom. The quantitative estimate of drug-likeness (QED) is 0.698. The van der Waals surface area contributed by atoms with Crippen LogP contribution >= 0.6 is 11.3 Å². The molecule has 0 fully saturated rings. The molecule has 4 rings (SSSR count). The Labute approximate surface area is 164 Å². The van der Waals surface area contributed by atoms with Crippen LogP contribution in [-0.4, -0.2) is 30.6 Å². The van der Waals surface area contributed by atoms with Gasteiger partial charge in [-0.2, -0.15) is 4.98 Å². The first-order valence-corrected chi connectivity index (χ1v) is 9.95. The number of anilines is 1. The normalized spacial score (nSPS) is 16.0. The summed E-state index contributed by atoms with van der Waals surface area (Å²) in [4.78, 5) is 38.8. The molecule has 0 bridgehead atoms. The smallest absolute Gasteiger partial charge is 0.266 e. The highest BCUT2D eigenvalue weighted by Crippen LogP contribution is 2.32. The fourth-order valence-corrected chi connectivity index (χ4v) is 4.35. The number of nitrogens with zero attached hydrogens (tertiary/aromatic N) is 5. The number of nitrogens with one attached hydrogen (secondary N) is 1. The van der Waals surface area contributed by atoms with Crippen molar-refractivity contribution in [1.29, 1.82) is 0 Å². The van der Waals surface area contributed by atoms with Crippen LogP contribution < -0.4 is 10.9 Å². The molecule has 146 valence electrons. The SMILES string of the molecule is Cc1noc(-c2cncn(CCC(=O)Nc3nc4c(s3)CC(C)CC4)c2=O)n1. The molecule has 0 spiro atoms. The fraction of sp³-hybridized carbons (Fsp3) is 0.444. The van der Waals surface area contributed by atoms with E-state index in [-0.39, 0.29) is 35.9 Å². The van der Waals surface area contributed by atoms with E-state index in [0.717, 1.165) is 25.0 Å². The molecule has 3 heterocycles. The van der Waals surface area contributed by atoms with Crippen LogP contribution in [0, 0.1) is 12.8 Å². The first-order chi connectivity index (χ1) is 13.5. The summed E-state index contributed by atoms with van der Waals surface area (Å²) in [5.41, 5.74) is 0.983. The molecule has 1 N–H and O–H groups in total. The summed E-state index contributed by atoms with van der Waals surface area (Å²) in [7, 11) is 0. The number of rotatable bonds is 5. The van der Waals surface area contributed by atoms with Gasteiger partial charge in [0.05, 0.1) is 12.0 Å². The molecular formula is C18H20N6O3S. The minimum Gasteiger partial charge on any atom is -0.334 e. The van der Waals surface area contributed by atoms with E-state index in [1.54, 1.807) is 18.3 Å². The van der Waals surface area contributed by atoms with Gasteiger partial charge in [-0.1, -0.05) is 12.1 Å². The highest BCUT2D eigenvalue weighted by atomic mass is 32.1. The Morgan fingerprint density at radius 2 is 2.29 bits per heavy atom. The lowest BCUT2D eigenvalue weighted by Crippen LogP contribution is -2.24. The molecule has 9 nitrogen and oxygen atoms in total. The van der Waals surface area contributed by atoms with Crippen LogP contribution in [0.25, 0.3) is 11.5 Å². The molecule has 3 aromatic rings. The third kappa shape index (κ3) is 3.86. The molecule has 1 amide bonds. The molecule has 1 aliphatic rings. The highest BCUT2D eigenvalue weighted by molar-refractivity contribution is 7.15. The lowest BCUT2D eigenvalue weighted by atomic mass is 9.93. The minimum absolute atomic E-state index is 0.122. The summed E-state index contributed by atoms with van der Waals surface area (Å²) in [6.07, 6.45) is 6.03.